The molecule has 4 heteroatoms. The largest absolute Gasteiger partial charge is 0.467 e. The summed E-state index contributed by atoms with van der Waals surface area (Å²) in [6.07, 6.45) is 4.20. The Balaban J connectivity index is 1.78. The van der Waals surface area contributed by atoms with Crippen LogP contribution in [-0.4, -0.2) is 41.3 Å². The van der Waals surface area contributed by atoms with Crippen molar-refractivity contribution in [1.29, 1.82) is 0 Å². The standard InChI is InChI=1S/C16H27NO3/c1-16(2,3)20-11-9-17-8-4-6-13(17)12-14(18)15-7-5-10-19-15/h5,7,10,13-14,18H,4,6,8-9,11-12H2,1-3H3. The van der Waals surface area contributed by atoms with Crippen molar-refractivity contribution in [2.45, 2.75) is 57.8 Å². The van der Waals surface area contributed by atoms with Gasteiger partial charge < -0.3 is 14.3 Å². The van der Waals surface area contributed by atoms with Gasteiger partial charge in [0.25, 0.3) is 0 Å². The first-order valence-electron chi connectivity index (χ1n) is 7.55. The molecule has 0 aromatic carbocycles. The van der Waals surface area contributed by atoms with E-state index in [0.29, 0.717) is 11.8 Å². The molecule has 114 valence electrons. The van der Waals surface area contributed by atoms with E-state index in [9.17, 15) is 5.11 Å². The first-order valence-corrected chi connectivity index (χ1v) is 7.55. The van der Waals surface area contributed by atoms with E-state index in [-0.39, 0.29) is 5.60 Å². The van der Waals surface area contributed by atoms with Crippen LogP contribution in [0.15, 0.2) is 22.8 Å². The summed E-state index contributed by atoms with van der Waals surface area (Å²) in [6.45, 7) is 9.02. The van der Waals surface area contributed by atoms with Gasteiger partial charge in [-0.2, -0.15) is 0 Å². The van der Waals surface area contributed by atoms with E-state index in [1.54, 1.807) is 6.26 Å². The third-order valence-electron chi connectivity index (χ3n) is 3.78. The zero-order chi connectivity index (χ0) is 14.6. The molecular formula is C16H27NO3. The summed E-state index contributed by atoms with van der Waals surface area (Å²) in [4.78, 5) is 2.43. The number of ether oxygens (including phenoxy) is 1. The van der Waals surface area contributed by atoms with Crippen molar-refractivity contribution in [3.05, 3.63) is 24.2 Å². The van der Waals surface area contributed by atoms with Crippen molar-refractivity contribution in [3.63, 3.8) is 0 Å². The maximum Gasteiger partial charge on any atom is 0.132 e. The van der Waals surface area contributed by atoms with E-state index >= 15 is 0 Å². The highest BCUT2D eigenvalue weighted by Gasteiger charge is 2.28. The van der Waals surface area contributed by atoms with Gasteiger partial charge in [-0.15, -0.1) is 0 Å². The van der Waals surface area contributed by atoms with Crippen LogP contribution < -0.4 is 0 Å². The molecule has 20 heavy (non-hydrogen) atoms. The molecule has 0 amide bonds. The molecule has 4 nitrogen and oxygen atoms in total. The molecule has 1 aliphatic rings. The van der Waals surface area contributed by atoms with Gasteiger partial charge in [-0.3, -0.25) is 4.90 Å². The molecule has 0 aliphatic carbocycles. The molecule has 0 radical (unpaired) electrons. The summed E-state index contributed by atoms with van der Waals surface area (Å²) in [5, 5.41) is 10.2. The van der Waals surface area contributed by atoms with Crippen LogP contribution in [0.4, 0.5) is 0 Å². The number of furan rings is 1. The lowest BCUT2D eigenvalue weighted by atomic mass is 10.1. The molecule has 2 unspecified atom stereocenters. The Morgan fingerprint density at radius 2 is 2.30 bits per heavy atom. The topological polar surface area (TPSA) is 45.8 Å². The van der Waals surface area contributed by atoms with E-state index in [4.69, 9.17) is 9.15 Å². The average Bonchev–Trinajstić information content (AvgIpc) is 2.99. The quantitative estimate of drug-likeness (QED) is 0.870. The minimum absolute atomic E-state index is 0.0805. The van der Waals surface area contributed by atoms with Crippen LogP contribution in [0, 0.1) is 0 Å². The number of hydrogen-bond donors (Lipinski definition) is 1. The van der Waals surface area contributed by atoms with Gasteiger partial charge in [-0.05, 0) is 58.7 Å². The number of hydrogen-bond acceptors (Lipinski definition) is 4. The van der Waals surface area contributed by atoms with Gasteiger partial charge in [0, 0.05) is 12.6 Å². The van der Waals surface area contributed by atoms with Crippen LogP contribution in [0.1, 0.15) is 51.9 Å². The molecule has 1 N–H and O–H groups in total. The number of nitrogens with zero attached hydrogens (tertiary/aromatic N) is 1. The second-order valence-corrected chi connectivity index (χ2v) is 6.56. The fourth-order valence-electron chi connectivity index (χ4n) is 2.78. The number of likely N-dealkylation sites (tertiary alicyclic amines) is 1. The average molecular weight is 281 g/mol. The van der Waals surface area contributed by atoms with Gasteiger partial charge in [-0.25, -0.2) is 0 Å². The van der Waals surface area contributed by atoms with Crippen molar-refractivity contribution in [2.24, 2.45) is 0 Å². The van der Waals surface area contributed by atoms with E-state index in [1.165, 1.54) is 6.42 Å². The fourth-order valence-corrected chi connectivity index (χ4v) is 2.78. The summed E-state index contributed by atoms with van der Waals surface area (Å²) in [6, 6.07) is 4.09. The summed E-state index contributed by atoms with van der Waals surface area (Å²) < 4.78 is 11.1. The van der Waals surface area contributed by atoms with Gasteiger partial charge >= 0.3 is 0 Å². The third kappa shape index (κ3) is 4.62. The Kier molecular flexibility index (Phi) is 5.24. The van der Waals surface area contributed by atoms with Crippen LogP contribution in [0.2, 0.25) is 0 Å². The van der Waals surface area contributed by atoms with Gasteiger partial charge in [0.05, 0.1) is 18.5 Å². The highest BCUT2D eigenvalue weighted by Crippen LogP contribution is 2.27. The lowest BCUT2D eigenvalue weighted by molar-refractivity contribution is -0.0167. The molecule has 1 saturated heterocycles. The number of aliphatic hydroxyl groups is 1. The van der Waals surface area contributed by atoms with Crippen LogP contribution in [-0.2, 0) is 4.74 Å². The SMILES string of the molecule is CC(C)(C)OCCN1CCCC1CC(O)c1ccco1. The van der Waals surface area contributed by atoms with Crippen molar-refractivity contribution in [3.8, 4) is 0 Å². The van der Waals surface area contributed by atoms with Crippen molar-refractivity contribution in [2.75, 3.05) is 19.7 Å². The maximum atomic E-state index is 10.2. The molecule has 1 aromatic rings. The summed E-state index contributed by atoms with van der Waals surface area (Å²) in [7, 11) is 0. The molecule has 0 bridgehead atoms. The molecule has 0 spiro atoms. The first kappa shape index (κ1) is 15.5. The van der Waals surface area contributed by atoms with Crippen LogP contribution in [0.25, 0.3) is 0 Å². The van der Waals surface area contributed by atoms with Crippen molar-refractivity contribution < 1.29 is 14.3 Å². The predicted molar refractivity (Wildman–Crippen MR) is 78.6 cm³/mol. The molecule has 1 aromatic heterocycles. The zero-order valence-electron chi connectivity index (χ0n) is 12.8. The van der Waals surface area contributed by atoms with Crippen LogP contribution >= 0.6 is 0 Å². The molecule has 2 atom stereocenters. The predicted octanol–water partition coefficient (Wildman–Crippen LogP) is 2.98. The molecule has 1 fully saturated rings. The monoisotopic (exact) mass is 281 g/mol. The smallest absolute Gasteiger partial charge is 0.132 e. The third-order valence-corrected chi connectivity index (χ3v) is 3.78. The van der Waals surface area contributed by atoms with E-state index in [2.05, 4.69) is 25.7 Å². The Labute approximate surface area is 121 Å². The van der Waals surface area contributed by atoms with Crippen molar-refractivity contribution in [1.82, 2.24) is 4.90 Å². The fraction of sp³-hybridized carbons (Fsp3) is 0.750. The van der Waals surface area contributed by atoms with E-state index in [0.717, 1.165) is 32.5 Å². The second-order valence-electron chi connectivity index (χ2n) is 6.56. The second kappa shape index (κ2) is 6.74. The molecular weight excluding hydrogens is 254 g/mol. The summed E-state index contributed by atoms with van der Waals surface area (Å²) >= 11 is 0. The van der Waals surface area contributed by atoms with Gasteiger partial charge in [0.1, 0.15) is 11.9 Å². The Hall–Kier alpha value is -0.840. The minimum atomic E-state index is -0.501. The number of aliphatic hydroxyl groups excluding tert-OH is 1. The normalized spacial score (nSPS) is 22.3. The lowest BCUT2D eigenvalue weighted by Gasteiger charge is -2.27. The van der Waals surface area contributed by atoms with E-state index < -0.39 is 6.10 Å². The zero-order valence-corrected chi connectivity index (χ0v) is 12.8. The first-order chi connectivity index (χ1) is 9.46. The van der Waals surface area contributed by atoms with Crippen LogP contribution in [0.5, 0.6) is 0 Å². The lowest BCUT2D eigenvalue weighted by Crippen LogP contribution is -2.35. The Morgan fingerprint density at radius 3 is 2.95 bits per heavy atom. The summed E-state index contributed by atoms with van der Waals surface area (Å²) in [5.74, 6) is 0.669. The van der Waals surface area contributed by atoms with Crippen LogP contribution in [0.3, 0.4) is 0 Å². The highest BCUT2D eigenvalue weighted by molar-refractivity contribution is 5.02. The van der Waals surface area contributed by atoms with Crippen molar-refractivity contribution >= 4 is 0 Å². The van der Waals surface area contributed by atoms with E-state index in [1.807, 2.05) is 12.1 Å². The Morgan fingerprint density at radius 1 is 1.50 bits per heavy atom. The van der Waals surface area contributed by atoms with Gasteiger partial charge in [0.2, 0.25) is 0 Å². The summed E-state index contributed by atoms with van der Waals surface area (Å²) in [5.41, 5.74) is -0.0805. The molecule has 2 rings (SSSR count). The Bertz CT molecular complexity index is 383. The van der Waals surface area contributed by atoms with Gasteiger partial charge in [0.15, 0.2) is 0 Å². The molecule has 1 aliphatic heterocycles. The molecule has 2 heterocycles. The van der Waals surface area contributed by atoms with Gasteiger partial charge in [-0.1, -0.05) is 0 Å². The maximum absolute atomic E-state index is 10.2. The highest BCUT2D eigenvalue weighted by atomic mass is 16.5. The number of rotatable bonds is 6. The molecule has 0 saturated carbocycles. The minimum Gasteiger partial charge on any atom is -0.467 e.